The Labute approximate surface area is 170 Å². The molecule has 1 aromatic carbocycles. The standard InChI is InChI=1S/C22H30O7/c1-12-9-15(24)17(26)21(11-23)18(28-19(27)13-7-5-4-6-8-13)16(25)14-10-22(12,21)29-20(14,2)3/h4-8,12,14-18,23-26H,9-11H2,1-3H3/t12-,14+,15+,16-,17+,18+,21+,22+/m1/s1. The van der Waals surface area contributed by atoms with Crippen molar-refractivity contribution >= 4 is 5.97 Å². The van der Waals surface area contributed by atoms with Crippen LogP contribution in [-0.2, 0) is 9.47 Å². The number of carbonyl (C=O) groups excluding carboxylic acids is 1. The summed E-state index contributed by atoms with van der Waals surface area (Å²) in [5, 5.41) is 43.5. The molecule has 0 amide bonds. The van der Waals surface area contributed by atoms with Crippen molar-refractivity contribution in [2.75, 3.05) is 6.61 Å². The van der Waals surface area contributed by atoms with E-state index in [1.54, 1.807) is 30.3 Å². The van der Waals surface area contributed by atoms with E-state index in [9.17, 15) is 25.2 Å². The lowest BCUT2D eigenvalue weighted by Crippen LogP contribution is -2.75. The Kier molecular flexibility index (Phi) is 4.83. The highest BCUT2D eigenvalue weighted by molar-refractivity contribution is 5.89. The maximum absolute atomic E-state index is 12.9. The summed E-state index contributed by atoms with van der Waals surface area (Å²) in [5.41, 5.74) is -3.02. The van der Waals surface area contributed by atoms with Crippen LogP contribution in [0, 0.1) is 17.3 Å². The molecule has 2 saturated carbocycles. The number of aliphatic hydroxyl groups excluding tert-OH is 4. The molecule has 4 N–H and O–H groups in total. The first-order chi connectivity index (χ1) is 13.6. The lowest BCUT2D eigenvalue weighted by atomic mass is 9.48. The van der Waals surface area contributed by atoms with E-state index in [1.807, 2.05) is 20.8 Å². The van der Waals surface area contributed by atoms with E-state index in [2.05, 4.69) is 0 Å². The number of aliphatic hydroxyl groups is 4. The number of rotatable bonds is 3. The van der Waals surface area contributed by atoms with Gasteiger partial charge in [0.15, 0.2) is 0 Å². The first-order valence-electron chi connectivity index (χ1n) is 10.2. The van der Waals surface area contributed by atoms with Gasteiger partial charge in [-0.25, -0.2) is 4.79 Å². The Morgan fingerprint density at radius 2 is 1.86 bits per heavy atom. The predicted octanol–water partition coefficient (Wildman–Crippen LogP) is 0.881. The molecule has 1 heterocycles. The van der Waals surface area contributed by atoms with Crippen molar-refractivity contribution in [3.63, 3.8) is 0 Å². The van der Waals surface area contributed by atoms with Crippen LogP contribution in [-0.4, -0.2) is 68.6 Å². The number of hydrogen-bond acceptors (Lipinski definition) is 7. The number of carbonyl (C=O) groups is 1. The molecule has 1 aromatic rings. The van der Waals surface area contributed by atoms with Gasteiger partial charge in [-0.05, 0) is 44.7 Å². The minimum atomic E-state index is -1.54. The Balaban J connectivity index is 1.83. The average Bonchev–Trinajstić information content (AvgIpc) is 2.96. The maximum Gasteiger partial charge on any atom is 0.338 e. The van der Waals surface area contributed by atoms with E-state index < -0.39 is 53.6 Å². The highest BCUT2D eigenvalue weighted by Gasteiger charge is 2.78. The zero-order valence-corrected chi connectivity index (χ0v) is 17.0. The summed E-state index contributed by atoms with van der Waals surface area (Å²) in [6, 6.07) is 8.38. The quantitative estimate of drug-likeness (QED) is 0.551. The lowest BCUT2D eigenvalue weighted by molar-refractivity contribution is -0.302. The van der Waals surface area contributed by atoms with Gasteiger partial charge in [0.1, 0.15) is 6.10 Å². The van der Waals surface area contributed by atoms with Crippen molar-refractivity contribution in [1.82, 2.24) is 0 Å². The van der Waals surface area contributed by atoms with Crippen molar-refractivity contribution in [2.24, 2.45) is 17.3 Å². The van der Waals surface area contributed by atoms with Crippen LogP contribution in [0.25, 0.3) is 0 Å². The Bertz CT molecular complexity index is 781. The van der Waals surface area contributed by atoms with Crippen LogP contribution in [0.5, 0.6) is 0 Å². The van der Waals surface area contributed by atoms with Gasteiger partial charge in [0, 0.05) is 5.92 Å². The van der Waals surface area contributed by atoms with Crippen molar-refractivity contribution < 1.29 is 34.7 Å². The van der Waals surface area contributed by atoms with Gasteiger partial charge in [0.2, 0.25) is 0 Å². The second kappa shape index (κ2) is 6.75. The summed E-state index contributed by atoms with van der Waals surface area (Å²) in [6.07, 6.45) is -4.23. The highest BCUT2D eigenvalue weighted by Crippen LogP contribution is 2.66. The van der Waals surface area contributed by atoms with Crippen LogP contribution in [0.4, 0.5) is 0 Å². The fraction of sp³-hybridized carbons (Fsp3) is 0.682. The molecule has 0 aromatic heterocycles. The van der Waals surface area contributed by atoms with Crippen LogP contribution in [0.1, 0.15) is 44.0 Å². The molecule has 3 aliphatic rings. The smallest absolute Gasteiger partial charge is 0.338 e. The normalized spacial score (nSPS) is 45.5. The SMILES string of the molecule is C[C@@H]1C[C@H](O)[C@H](O)[C@@]2(CO)[C@@H](OC(=O)c3ccccc3)[C@H](O)[C@@H]3C[C@]12OC3(C)C. The summed E-state index contributed by atoms with van der Waals surface area (Å²) < 4.78 is 12.3. The molecule has 0 unspecified atom stereocenters. The summed E-state index contributed by atoms with van der Waals surface area (Å²) in [6.45, 7) is 5.04. The molecule has 7 heteroatoms. The summed E-state index contributed by atoms with van der Waals surface area (Å²) >= 11 is 0. The first-order valence-corrected chi connectivity index (χ1v) is 10.2. The lowest BCUT2D eigenvalue weighted by Gasteiger charge is -2.62. The predicted molar refractivity (Wildman–Crippen MR) is 103 cm³/mol. The molecule has 3 fully saturated rings. The van der Waals surface area contributed by atoms with Gasteiger partial charge in [-0.1, -0.05) is 25.1 Å². The molecule has 1 spiro atoms. The Morgan fingerprint density at radius 1 is 1.21 bits per heavy atom. The molecular weight excluding hydrogens is 376 g/mol. The first kappa shape index (κ1) is 20.8. The monoisotopic (exact) mass is 406 g/mol. The van der Waals surface area contributed by atoms with Crippen LogP contribution in [0.15, 0.2) is 30.3 Å². The maximum atomic E-state index is 12.9. The second-order valence-corrected chi connectivity index (χ2v) is 9.44. The van der Waals surface area contributed by atoms with Crippen molar-refractivity contribution in [3.8, 4) is 0 Å². The molecular formula is C22H30O7. The van der Waals surface area contributed by atoms with Gasteiger partial charge in [-0.2, -0.15) is 0 Å². The molecule has 2 aliphatic carbocycles. The van der Waals surface area contributed by atoms with Gasteiger partial charge in [0.25, 0.3) is 0 Å². The molecule has 2 bridgehead atoms. The number of esters is 1. The summed E-state index contributed by atoms with van der Waals surface area (Å²) in [4.78, 5) is 12.9. The van der Waals surface area contributed by atoms with E-state index in [0.29, 0.717) is 18.4 Å². The molecule has 8 atom stereocenters. The van der Waals surface area contributed by atoms with Crippen molar-refractivity contribution in [3.05, 3.63) is 35.9 Å². The fourth-order valence-corrected chi connectivity index (χ4v) is 6.19. The van der Waals surface area contributed by atoms with Gasteiger partial charge >= 0.3 is 5.97 Å². The highest BCUT2D eigenvalue weighted by atomic mass is 16.6. The zero-order chi connectivity index (χ0) is 21.2. The van der Waals surface area contributed by atoms with Gasteiger partial charge in [-0.3, -0.25) is 0 Å². The summed E-state index contributed by atoms with van der Waals surface area (Å²) in [7, 11) is 0. The largest absolute Gasteiger partial charge is 0.455 e. The van der Waals surface area contributed by atoms with E-state index >= 15 is 0 Å². The van der Waals surface area contributed by atoms with Gasteiger partial charge in [-0.15, -0.1) is 0 Å². The fourth-order valence-electron chi connectivity index (χ4n) is 6.19. The molecule has 1 aliphatic heterocycles. The number of ether oxygens (including phenoxy) is 2. The Hall–Kier alpha value is -1.51. The molecule has 160 valence electrons. The van der Waals surface area contributed by atoms with E-state index in [1.165, 1.54) is 0 Å². The topological polar surface area (TPSA) is 116 Å². The van der Waals surface area contributed by atoms with Crippen LogP contribution in [0.3, 0.4) is 0 Å². The number of fused-ring (bicyclic) bond motifs is 1. The third kappa shape index (κ3) is 2.65. The molecule has 1 saturated heterocycles. The van der Waals surface area contributed by atoms with Crippen LogP contribution >= 0.6 is 0 Å². The van der Waals surface area contributed by atoms with Gasteiger partial charge < -0.3 is 29.9 Å². The Morgan fingerprint density at radius 3 is 2.48 bits per heavy atom. The third-order valence-electron chi connectivity index (χ3n) is 7.67. The third-order valence-corrected chi connectivity index (χ3v) is 7.67. The minimum Gasteiger partial charge on any atom is -0.455 e. The molecule has 4 rings (SSSR count). The second-order valence-electron chi connectivity index (χ2n) is 9.44. The van der Waals surface area contributed by atoms with Crippen molar-refractivity contribution in [2.45, 2.75) is 69.2 Å². The molecule has 0 radical (unpaired) electrons. The molecule has 7 nitrogen and oxygen atoms in total. The van der Waals surface area contributed by atoms with Crippen molar-refractivity contribution in [1.29, 1.82) is 0 Å². The van der Waals surface area contributed by atoms with E-state index in [0.717, 1.165) is 0 Å². The zero-order valence-electron chi connectivity index (χ0n) is 17.0. The van der Waals surface area contributed by atoms with Crippen LogP contribution in [0.2, 0.25) is 0 Å². The minimum absolute atomic E-state index is 0.220. The van der Waals surface area contributed by atoms with Crippen LogP contribution < -0.4 is 0 Å². The summed E-state index contributed by atoms with van der Waals surface area (Å²) in [5.74, 6) is -1.22. The number of benzene rings is 1. The van der Waals surface area contributed by atoms with Gasteiger partial charge in [0.05, 0.1) is 47.1 Å². The van der Waals surface area contributed by atoms with E-state index in [4.69, 9.17) is 9.47 Å². The molecule has 29 heavy (non-hydrogen) atoms. The van der Waals surface area contributed by atoms with E-state index in [-0.39, 0.29) is 11.8 Å². The average molecular weight is 406 g/mol. The number of hydrogen-bond donors (Lipinski definition) is 4.